The van der Waals surface area contributed by atoms with E-state index in [0.29, 0.717) is 11.8 Å². The van der Waals surface area contributed by atoms with E-state index >= 15 is 0 Å². The Morgan fingerprint density at radius 2 is 2.21 bits per heavy atom. The van der Waals surface area contributed by atoms with Gasteiger partial charge in [0.25, 0.3) is 0 Å². The molecule has 124 valence electrons. The van der Waals surface area contributed by atoms with Crippen LogP contribution in [0.3, 0.4) is 0 Å². The predicted molar refractivity (Wildman–Crippen MR) is 93.1 cm³/mol. The lowest BCUT2D eigenvalue weighted by atomic mass is 10.0. The lowest BCUT2D eigenvalue weighted by molar-refractivity contribution is 0.578. The van der Waals surface area contributed by atoms with Crippen LogP contribution in [0.15, 0.2) is 36.8 Å². The molecule has 0 radical (unpaired) electrons. The number of hydrogen-bond acceptors (Lipinski definition) is 5. The molecule has 4 rings (SSSR count). The summed E-state index contributed by atoms with van der Waals surface area (Å²) in [5.74, 6) is 1.00. The first-order valence-corrected chi connectivity index (χ1v) is 8.56. The van der Waals surface area contributed by atoms with E-state index in [2.05, 4.69) is 57.2 Å². The van der Waals surface area contributed by atoms with Crippen LogP contribution in [-0.4, -0.2) is 37.9 Å². The lowest BCUT2D eigenvalue weighted by Crippen LogP contribution is -2.22. The van der Waals surface area contributed by atoms with Crippen molar-refractivity contribution in [2.24, 2.45) is 5.92 Å². The average Bonchev–Trinajstić information content (AvgIpc) is 3.23. The first-order chi connectivity index (χ1) is 11.7. The van der Waals surface area contributed by atoms with Gasteiger partial charge >= 0.3 is 0 Å². The fraction of sp³-hybridized carbons (Fsp3) is 0.444. The van der Waals surface area contributed by atoms with Crippen molar-refractivity contribution in [2.45, 2.75) is 32.6 Å². The highest BCUT2D eigenvalue weighted by Crippen LogP contribution is 2.30. The standard InChI is InChI=1S/C18H22N6/c1-13(2)16-10-17(18-21-20-12-24(18)22-16)23-8-6-14(11-23)9-15-5-3-4-7-19-15/h3-5,7,10,12-14H,6,8-9,11H2,1-2H3. The molecule has 0 aromatic carbocycles. The zero-order chi connectivity index (χ0) is 16.5. The molecule has 0 N–H and O–H groups in total. The topological polar surface area (TPSA) is 59.2 Å². The Hall–Kier alpha value is -2.50. The highest BCUT2D eigenvalue weighted by atomic mass is 15.4. The molecular formula is C18H22N6. The highest BCUT2D eigenvalue weighted by Gasteiger charge is 2.26. The number of pyridine rings is 1. The van der Waals surface area contributed by atoms with Crippen molar-refractivity contribution in [1.29, 1.82) is 0 Å². The first-order valence-electron chi connectivity index (χ1n) is 8.56. The zero-order valence-electron chi connectivity index (χ0n) is 14.1. The minimum absolute atomic E-state index is 0.377. The Morgan fingerprint density at radius 1 is 1.29 bits per heavy atom. The molecule has 0 spiro atoms. The van der Waals surface area contributed by atoms with Crippen LogP contribution in [-0.2, 0) is 6.42 Å². The van der Waals surface area contributed by atoms with Crippen LogP contribution in [0.1, 0.15) is 37.6 Å². The van der Waals surface area contributed by atoms with E-state index in [0.717, 1.165) is 36.5 Å². The van der Waals surface area contributed by atoms with Gasteiger partial charge in [-0.25, -0.2) is 0 Å². The SMILES string of the molecule is CC(C)c1cc(N2CCC(Cc3ccccn3)C2)c2nncn2n1. The van der Waals surface area contributed by atoms with Gasteiger partial charge in [-0.05, 0) is 42.9 Å². The van der Waals surface area contributed by atoms with Gasteiger partial charge in [0, 0.05) is 25.0 Å². The molecule has 1 aliphatic rings. The van der Waals surface area contributed by atoms with E-state index in [1.54, 1.807) is 10.8 Å². The van der Waals surface area contributed by atoms with Crippen LogP contribution in [0.25, 0.3) is 5.65 Å². The lowest BCUT2D eigenvalue weighted by Gasteiger charge is -2.20. The molecule has 6 nitrogen and oxygen atoms in total. The van der Waals surface area contributed by atoms with E-state index in [1.807, 2.05) is 12.3 Å². The maximum absolute atomic E-state index is 4.61. The number of anilines is 1. The van der Waals surface area contributed by atoms with Crippen LogP contribution in [0.2, 0.25) is 0 Å². The minimum Gasteiger partial charge on any atom is -0.368 e. The van der Waals surface area contributed by atoms with Gasteiger partial charge in [0.2, 0.25) is 5.65 Å². The van der Waals surface area contributed by atoms with Gasteiger partial charge in [-0.2, -0.15) is 9.61 Å². The summed E-state index contributed by atoms with van der Waals surface area (Å²) in [5.41, 5.74) is 4.24. The molecule has 0 bridgehead atoms. The highest BCUT2D eigenvalue weighted by molar-refractivity contribution is 5.68. The van der Waals surface area contributed by atoms with Gasteiger partial charge in [0.05, 0.1) is 11.4 Å². The summed E-state index contributed by atoms with van der Waals surface area (Å²) in [6.45, 7) is 6.40. The maximum Gasteiger partial charge on any atom is 0.200 e. The minimum atomic E-state index is 0.377. The van der Waals surface area contributed by atoms with E-state index < -0.39 is 0 Å². The van der Waals surface area contributed by atoms with Gasteiger partial charge in [0.1, 0.15) is 6.33 Å². The van der Waals surface area contributed by atoms with E-state index in [-0.39, 0.29) is 0 Å². The molecule has 0 saturated carbocycles. The largest absolute Gasteiger partial charge is 0.368 e. The summed E-state index contributed by atoms with van der Waals surface area (Å²) < 4.78 is 1.80. The van der Waals surface area contributed by atoms with E-state index in [4.69, 9.17) is 0 Å². The third-order valence-corrected chi connectivity index (χ3v) is 4.71. The van der Waals surface area contributed by atoms with Crippen molar-refractivity contribution in [3.8, 4) is 0 Å². The number of hydrogen-bond donors (Lipinski definition) is 0. The Balaban J connectivity index is 1.58. The molecule has 1 atom stereocenters. The van der Waals surface area contributed by atoms with Gasteiger partial charge < -0.3 is 4.90 Å². The molecule has 1 unspecified atom stereocenters. The normalized spacial score (nSPS) is 18.0. The molecule has 0 aliphatic carbocycles. The smallest absolute Gasteiger partial charge is 0.200 e. The quantitative estimate of drug-likeness (QED) is 0.739. The molecular weight excluding hydrogens is 300 g/mol. The Morgan fingerprint density at radius 3 is 3.00 bits per heavy atom. The molecule has 0 amide bonds. The molecule has 1 saturated heterocycles. The first kappa shape index (κ1) is 15.1. The molecule has 6 heteroatoms. The second kappa shape index (κ2) is 6.19. The molecule has 1 aliphatic heterocycles. The van der Waals surface area contributed by atoms with Crippen LogP contribution in [0.5, 0.6) is 0 Å². The van der Waals surface area contributed by atoms with Crippen molar-refractivity contribution >= 4 is 11.3 Å². The molecule has 3 aromatic heterocycles. The second-order valence-corrected chi connectivity index (χ2v) is 6.83. The summed E-state index contributed by atoms with van der Waals surface area (Å²) >= 11 is 0. The molecule has 3 aromatic rings. The maximum atomic E-state index is 4.61. The van der Waals surface area contributed by atoms with Gasteiger partial charge in [-0.1, -0.05) is 19.9 Å². The van der Waals surface area contributed by atoms with Crippen molar-refractivity contribution < 1.29 is 0 Å². The van der Waals surface area contributed by atoms with Crippen LogP contribution < -0.4 is 4.90 Å². The monoisotopic (exact) mass is 322 g/mol. The summed E-state index contributed by atoms with van der Waals surface area (Å²) in [4.78, 5) is 6.89. The van der Waals surface area contributed by atoms with Gasteiger partial charge in [0.15, 0.2) is 0 Å². The van der Waals surface area contributed by atoms with Crippen molar-refractivity contribution in [3.05, 3.63) is 48.2 Å². The van der Waals surface area contributed by atoms with Gasteiger partial charge in [-0.3, -0.25) is 4.98 Å². The van der Waals surface area contributed by atoms with E-state index in [9.17, 15) is 0 Å². The summed E-state index contributed by atoms with van der Waals surface area (Å²) in [7, 11) is 0. The van der Waals surface area contributed by atoms with Crippen LogP contribution in [0, 0.1) is 5.92 Å². The fourth-order valence-corrected chi connectivity index (χ4v) is 3.38. The van der Waals surface area contributed by atoms with Crippen LogP contribution in [0.4, 0.5) is 5.69 Å². The third kappa shape index (κ3) is 2.84. The zero-order valence-corrected chi connectivity index (χ0v) is 14.1. The number of rotatable bonds is 4. The predicted octanol–water partition coefficient (Wildman–Crippen LogP) is 2.71. The molecule has 24 heavy (non-hydrogen) atoms. The summed E-state index contributed by atoms with van der Waals surface area (Å²) in [6, 6.07) is 8.32. The molecule has 4 heterocycles. The van der Waals surface area contributed by atoms with Crippen molar-refractivity contribution in [3.63, 3.8) is 0 Å². The number of fused-ring (bicyclic) bond motifs is 1. The van der Waals surface area contributed by atoms with Crippen LogP contribution >= 0.6 is 0 Å². The van der Waals surface area contributed by atoms with Crippen molar-refractivity contribution in [1.82, 2.24) is 24.8 Å². The Bertz CT molecular complexity index is 826. The van der Waals surface area contributed by atoms with E-state index in [1.165, 1.54) is 12.1 Å². The Labute approximate surface area is 141 Å². The second-order valence-electron chi connectivity index (χ2n) is 6.83. The molecule has 1 fully saturated rings. The van der Waals surface area contributed by atoms with Gasteiger partial charge in [-0.15, -0.1) is 10.2 Å². The third-order valence-electron chi connectivity index (χ3n) is 4.71. The summed E-state index contributed by atoms with van der Waals surface area (Å²) in [5, 5.41) is 12.9. The summed E-state index contributed by atoms with van der Waals surface area (Å²) in [6.07, 6.45) is 5.77. The van der Waals surface area contributed by atoms with Crippen molar-refractivity contribution in [2.75, 3.05) is 18.0 Å². The number of aromatic nitrogens is 5. The fourth-order valence-electron chi connectivity index (χ4n) is 3.38. The Kier molecular flexibility index (Phi) is 3.88. The number of nitrogens with zero attached hydrogens (tertiary/aromatic N) is 6. The average molecular weight is 322 g/mol.